The normalized spacial score (nSPS) is 13.9. The molecular weight excluding hydrogens is 388 g/mol. The van der Waals surface area contributed by atoms with Crippen molar-refractivity contribution in [3.05, 3.63) is 33.9 Å². The zero-order chi connectivity index (χ0) is 21.8. The number of carbonyl (C=O) groups excluding carboxylic acids is 2. The van der Waals surface area contributed by atoms with Crippen LogP contribution in [0.25, 0.3) is 0 Å². The Morgan fingerprint density at radius 3 is 2.67 bits per heavy atom. The van der Waals surface area contributed by atoms with E-state index in [1.54, 1.807) is 4.90 Å². The third kappa shape index (κ3) is 7.74. The van der Waals surface area contributed by atoms with Crippen LogP contribution in [0, 0.1) is 16.0 Å². The molecule has 0 unspecified atom stereocenters. The molecule has 0 heterocycles. The standard InChI is InChI=1S/C22H32N2O6/c25-14-13-23(12-4-3-8-18-6-1-2-7-18)22(27)9-5-15-30-20-10-11-21(24(28)29)19(16-20)17-26/h10-11,16-18,25H,1-9,12-15H2. The average Bonchev–Trinajstić information content (AvgIpc) is 3.26. The summed E-state index contributed by atoms with van der Waals surface area (Å²) in [5.41, 5.74) is -0.305. The summed E-state index contributed by atoms with van der Waals surface area (Å²) in [6, 6.07) is 4.00. The van der Waals surface area contributed by atoms with Crippen LogP contribution in [-0.4, -0.2) is 53.4 Å². The molecule has 0 saturated heterocycles. The molecule has 0 spiro atoms. The first-order valence-electron chi connectivity index (χ1n) is 10.8. The van der Waals surface area contributed by atoms with Gasteiger partial charge in [-0.05, 0) is 30.9 Å². The maximum atomic E-state index is 12.5. The highest BCUT2D eigenvalue weighted by molar-refractivity contribution is 5.82. The van der Waals surface area contributed by atoms with Gasteiger partial charge in [-0.2, -0.15) is 0 Å². The number of benzene rings is 1. The molecule has 166 valence electrons. The van der Waals surface area contributed by atoms with Crippen molar-refractivity contribution in [2.24, 2.45) is 5.92 Å². The molecule has 30 heavy (non-hydrogen) atoms. The summed E-state index contributed by atoms with van der Waals surface area (Å²) in [6.45, 7) is 1.21. The predicted octanol–water partition coefficient (Wildman–Crippen LogP) is 3.75. The van der Waals surface area contributed by atoms with Crippen LogP contribution in [0.15, 0.2) is 18.2 Å². The largest absolute Gasteiger partial charge is 0.494 e. The van der Waals surface area contributed by atoms with E-state index in [4.69, 9.17) is 4.74 Å². The summed E-state index contributed by atoms with van der Waals surface area (Å²) in [6.07, 6.45) is 9.87. The van der Waals surface area contributed by atoms with Crippen molar-refractivity contribution in [3.8, 4) is 5.75 Å². The van der Waals surface area contributed by atoms with E-state index in [-0.39, 0.29) is 30.4 Å². The molecule has 1 N–H and O–H groups in total. The van der Waals surface area contributed by atoms with Gasteiger partial charge in [-0.3, -0.25) is 19.7 Å². The lowest BCUT2D eigenvalue weighted by molar-refractivity contribution is -0.385. The van der Waals surface area contributed by atoms with Crippen LogP contribution in [0.5, 0.6) is 5.75 Å². The number of amides is 1. The van der Waals surface area contributed by atoms with Gasteiger partial charge in [0, 0.05) is 25.6 Å². The summed E-state index contributed by atoms with van der Waals surface area (Å²) in [4.78, 5) is 35.4. The third-order valence-electron chi connectivity index (χ3n) is 5.61. The second kappa shape index (κ2) is 13.0. The Bertz CT molecular complexity index is 703. The molecule has 1 aromatic carbocycles. The van der Waals surface area contributed by atoms with Crippen LogP contribution in [0.3, 0.4) is 0 Å². The zero-order valence-corrected chi connectivity index (χ0v) is 17.5. The number of unbranched alkanes of at least 4 members (excludes halogenated alkanes) is 1. The Morgan fingerprint density at radius 1 is 1.23 bits per heavy atom. The number of carbonyl (C=O) groups is 2. The van der Waals surface area contributed by atoms with Gasteiger partial charge in [0.05, 0.1) is 23.7 Å². The van der Waals surface area contributed by atoms with Crippen LogP contribution in [0.1, 0.15) is 68.1 Å². The molecule has 0 bridgehead atoms. The molecule has 0 atom stereocenters. The summed E-state index contributed by atoms with van der Waals surface area (Å²) in [5.74, 6) is 1.20. The second-order valence-electron chi connectivity index (χ2n) is 7.80. The summed E-state index contributed by atoms with van der Waals surface area (Å²) < 4.78 is 5.53. The highest BCUT2D eigenvalue weighted by Crippen LogP contribution is 2.29. The molecule has 8 heteroatoms. The maximum Gasteiger partial charge on any atom is 0.280 e. The molecule has 1 aliphatic carbocycles. The van der Waals surface area contributed by atoms with Gasteiger partial charge in [0.1, 0.15) is 5.75 Å². The van der Waals surface area contributed by atoms with Gasteiger partial charge in [-0.15, -0.1) is 0 Å². The van der Waals surface area contributed by atoms with E-state index in [1.165, 1.54) is 50.3 Å². The number of hydrogen-bond donors (Lipinski definition) is 1. The Labute approximate surface area is 177 Å². The van der Waals surface area contributed by atoms with Crippen LogP contribution in [0.2, 0.25) is 0 Å². The minimum Gasteiger partial charge on any atom is -0.494 e. The summed E-state index contributed by atoms with van der Waals surface area (Å²) >= 11 is 0. The Morgan fingerprint density at radius 2 is 2.00 bits per heavy atom. The highest BCUT2D eigenvalue weighted by atomic mass is 16.6. The fourth-order valence-corrected chi connectivity index (χ4v) is 3.97. The monoisotopic (exact) mass is 420 g/mol. The first-order valence-corrected chi connectivity index (χ1v) is 10.8. The molecule has 0 radical (unpaired) electrons. The van der Waals surface area contributed by atoms with Crippen molar-refractivity contribution in [2.75, 3.05) is 26.3 Å². The van der Waals surface area contributed by atoms with Crippen LogP contribution < -0.4 is 4.74 Å². The summed E-state index contributed by atoms with van der Waals surface area (Å²) in [7, 11) is 0. The van der Waals surface area contributed by atoms with E-state index in [9.17, 15) is 24.8 Å². The number of nitro benzene ring substituents is 1. The molecule has 1 aliphatic rings. The van der Waals surface area contributed by atoms with Crippen molar-refractivity contribution in [1.29, 1.82) is 0 Å². The number of hydrogen-bond acceptors (Lipinski definition) is 6. The van der Waals surface area contributed by atoms with Gasteiger partial charge in [-0.1, -0.05) is 38.5 Å². The highest BCUT2D eigenvalue weighted by Gasteiger charge is 2.17. The average molecular weight is 421 g/mol. The maximum absolute atomic E-state index is 12.5. The topological polar surface area (TPSA) is 110 Å². The quantitative estimate of drug-likeness (QED) is 0.212. The molecular formula is C22H32N2O6. The lowest BCUT2D eigenvalue weighted by atomic mass is 10.0. The van der Waals surface area contributed by atoms with E-state index in [0.717, 1.165) is 18.8 Å². The van der Waals surface area contributed by atoms with E-state index >= 15 is 0 Å². The molecule has 1 aromatic rings. The molecule has 8 nitrogen and oxygen atoms in total. The predicted molar refractivity (Wildman–Crippen MR) is 113 cm³/mol. The van der Waals surface area contributed by atoms with Gasteiger partial charge in [0.15, 0.2) is 6.29 Å². The van der Waals surface area contributed by atoms with Crippen molar-refractivity contribution < 1.29 is 24.4 Å². The molecule has 1 fully saturated rings. The fourth-order valence-electron chi connectivity index (χ4n) is 3.97. The fraction of sp³-hybridized carbons (Fsp3) is 0.636. The smallest absolute Gasteiger partial charge is 0.280 e. The lowest BCUT2D eigenvalue weighted by Crippen LogP contribution is -2.34. The number of aldehydes is 1. The Balaban J connectivity index is 1.70. The van der Waals surface area contributed by atoms with Gasteiger partial charge >= 0.3 is 0 Å². The Hall–Kier alpha value is -2.48. The summed E-state index contributed by atoms with van der Waals surface area (Å²) in [5, 5.41) is 20.1. The van der Waals surface area contributed by atoms with E-state index in [2.05, 4.69) is 0 Å². The number of nitro groups is 1. The van der Waals surface area contributed by atoms with Crippen molar-refractivity contribution in [3.63, 3.8) is 0 Å². The lowest BCUT2D eigenvalue weighted by Gasteiger charge is -2.22. The van der Waals surface area contributed by atoms with E-state index in [0.29, 0.717) is 38.0 Å². The van der Waals surface area contributed by atoms with Gasteiger partial charge in [0.2, 0.25) is 5.91 Å². The number of ether oxygens (including phenoxy) is 1. The number of nitrogens with zero attached hydrogens (tertiary/aromatic N) is 2. The van der Waals surface area contributed by atoms with Crippen LogP contribution in [0.4, 0.5) is 5.69 Å². The zero-order valence-electron chi connectivity index (χ0n) is 17.5. The first kappa shape index (κ1) is 23.8. The number of aliphatic hydroxyl groups is 1. The number of rotatable bonds is 14. The first-order chi connectivity index (χ1) is 14.5. The molecule has 0 aliphatic heterocycles. The SMILES string of the molecule is O=Cc1cc(OCCCC(=O)N(CCO)CCCCC2CCCC2)ccc1[N+](=O)[O-]. The minimum atomic E-state index is -0.615. The van der Waals surface area contributed by atoms with Crippen molar-refractivity contribution >= 4 is 17.9 Å². The molecule has 0 aromatic heterocycles. The molecule has 2 rings (SSSR count). The van der Waals surface area contributed by atoms with Crippen molar-refractivity contribution in [2.45, 2.75) is 57.8 Å². The molecule has 1 saturated carbocycles. The van der Waals surface area contributed by atoms with Crippen LogP contribution in [-0.2, 0) is 4.79 Å². The van der Waals surface area contributed by atoms with E-state index in [1.807, 2.05) is 0 Å². The van der Waals surface area contributed by atoms with Gasteiger partial charge < -0.3 is 14.7 Å². The third-order valence-corrected chi connectivity index (χ3v) is 5.61. The van der Waals surface area contributed by atoms with E-state index < -0.39 is 4.92 Å². The number of aliphatic hydroxyl groups excluding tert-OH is 1. The minimum absolute atomic E-state index is 0.00852. The van der Waals surface area contributed by atoms with Crippen LogP contribution >= 0.6 is 0 Å². The Kier molecular flexibility index (Phi) is 10.3. The van der Waals surface area contributed by atoms with Gasteiger partial charge in [-0.25, -0.2) is 0 Å². The second-order valence-corrected chi connectivity index (χ2v) is 7.80. The molecule has 1 amide bonds. The van der Waals surface area contributed by atoms with Crippen molar-refractivity contribution in [1.82, 2.24) is 4.90 Å². The van der Waals surface area contributed by atoms with Gasteiger partial charge in [0.25, 0.3) is 5.69 Å².